The Balaban J connectivity index is 2.25. The van der Waals surface area contributed by atoms with Crippen LogP contribution in [0.25, 0.3) is 0 Å². The monoisotopic (exact) mass is 190 g/mol. The summed E-state index contributed by atoms with van der Waals surface area (Å²) in [7, 11) is 0.364. The molecule has 0 aromatic rings. The molecular weight excluding hydrogens is 172 g/mol. The Hall–Kier alpha value is -0.0900. The maximum Gasteiger partial charge on any atom is 0.0611 e. The number of hydrogen-bond donors (Lipinski definition) is 0. The van der Waals surface area contributed by atoms with Crippen molar-refractivity contribution in [3.8, 4) is 0 Å². The predicted molar refractivity (Wildman–Crippen MR) is 53.0 cm³/mol. The van der Waals surface area contributed by atoms with Gasteiger partial charge in [0.1, 0.15) is 0 Å². The molecule has 1 aliphatic heterocycles. The smallest absolute Gasteiger partial charge is 0.0611 e. The van der Waals surface area contributed by atoms with Crippen LogP contribution in [0.5, 0.6) is 0 Å². The summed E-state index contributed by atoms with van der Waals surface area (Å²) in [5.74, 6) is 1.67. The molecule has 0 spiro atoms. The number of likely N-dealkylation sites (N-methyl/N-ethyl adjacent to an activating group) is 1. The van der Waals surface area contributed by atoms with Crippen LogP contribution in [0.3, 0.4) is 0 Å². The summed E-state index contributed by atoms with van der Waals surface area (Å²) in [6, 6.07) is 0. The minimum Gasteiger partial charge on any atom is -0.305 e. The molecule has 1 rings (SSSR count). The lowest BCUT2D eigenvalue weighted by molar-refractivity contribution is 0.363. The predicted octanol–water partition coefficient (Wildman–Crippen LogP) is 0.810. The van der Waals surface area contributed by atoms with Crippen molar-refractivity contribution in [3.63, 3.8) is 0 Å². The van der Waals surface area contributed by atoms with Gasteiger partial charge in [0, 0.05) is 27.8 Å². The first-order chi connectivity index (χ1) is 5.66. The topological polar surface area (TPSA) is 32.7 Å². The summed E-state index contributed by atoms with van der Waals surface area (Å²) in [6.45, 7) is 4.83. The Bertz CT molecular complexity index is 233. The zero-order valence-corrected chi connectivity index (χ0v) is 8.77. The molecule has 0 aromatic carbocycles. The maximum absolute atomic E-state index is 11.5. The molecule has 1 fully saturated rings. The van der Waals surface area contributed by atoms with Gasteiger partial charge in [0.05, 0.1) is 6.54 Å². The van der Waals surface area contributed by atoms with E-state index in [9.17, 15) is 4.21 Å². The Morgan fingerprint density at radius 3 is 2.58 bits per heavy atom. The van der Waals surface area contributed by atoms with Crippen molar-refractivity contribution in [2.75, 3.05) is 38.2 Å². The standard InChI is InChI=1S/C8H18N2OS/c1-3-10(2)6-5-9-12(11)7-4-8-12/h3-8H2,1-2H3. The van der Waals surface area contributed by atoms with Crippen molar-refractivity contribution in [1.29, 1.82) is 0 Å². The zero-order chi connectivity index (χ0) is 9.03. The third kappa shape index (κ3) is 2.75. The van der Waals surface area contributed by atoms with Crippen LogP contribution in [0.2, 0.25) is 0 Å². The van der Waals surface area contributed by atoms with Crippen LogP contribution in [-0.2, 0) is 9.73 Å². The maximum atomic E-state index is 11.5. The van der Waals surface area contributed by atoms with Crippen LogP contribution in [0, 0.1) is 0 Å². The van der Waals surface area contributed by atoms with Gasteiger partial charge in [0.15, 0.2) is 0 Å². The minimum atomic E-state index is -1.69. The van der Waals surface area contributed by atoms with E-state index in [1.165, 1.54) is 0 Å². The van der Waals surface area contributed by atoms with Crippen LogP contribution in [0.4, 0.5) is 0 Å². The minimum absolute atomic E-state index is 0.739. The van der Waals surface area contributed by atoms with Gasteiger partial charge in [-0.2, -0.15) is 0 Å². The second kappa shape index (κ2) is 4.23. The molecule has 1 heterocycles. The van der Waals surface area contributed by atoms with E-state index in [1.54, 1.807) is 0 Å². The molecular formula is C8H18N2OS. The van der Waals surface area contributed by atoms with Gasteiger partial charge in [-0.3, -0.25) is 0 Å². The van der Waals surface area contributed by atoms with E-state index in [-0.39, 0.29) is 0 Å². The Morgan fingerprint density at radius 1 is 1.50 bits per heavy atom. The molecule has 1 saturated heterocycles. The third-order valence-corrected chi connectivity index (χ3v) is 4.78. The van der Waals surface area contributed by atoms with Gasteiger partial charge in [0.25, 0.3) is 0 Å². The van der Waals surface area contributed by atoms with Crippen molar-refractivity contribution in [3.05, 3.63) is 0 Å². The summed E-state index contributed by atoms with van der Waals surface area (Å²) in [5, 5.41) is 0. The van der Waals surface area contributed by atoms with E-state index in [4.69, 9.17) is 0 Å². The highest BCUT2D eigenvalue weighted by Crippen LogP contribution is 2.12. The highest BCUT2D eigenvalue weighted by molar-refractivity contribution is 7.94. The van der Waals surface area contributed by atoms with Crippen LogP contribution >= 0.6 is 0 Å². The third-order valence-electron chi connectivity index (χ3n) is 2.27. The normalized spacial score (nSPS) is 20.6. The van der Waals surface area contributed by atoms with Gasteiger partial charge >= 0.3 is 0 Å². The van der Waals surface area contributed by atoms with Crippen molar-refractivity contribution >= 4 is 9.73 Å². The van der Waals surface area contributed by atoms with Gasteiger partial charge in [-0.25, -0.2) is 8.57 Å². The molecule has 0 radical (unpaired) electrons. The van der Waals surface area contributed by atoms with E-state index in [0.717, 1.165) is 37.6 Å². The van der Waals surface area contributed by atoms with Crippen molar-refractivity contribution in [1.82, 2.24) is 4.90 Å². The molecule has 0 atom stereocenters. The van der Waals surface area contributed by atoms with Crippen LogP contribution in [-0.4, -0.2) is 47.3 Å². The molecule has 4 heteroatoms. The second-order valence-electron chi connectivity index (χ2n) is 3.28. The summed E-state index contributed by atoms with van der Waals surface area (Å²) in [5.41, 5.74) is 0. The van der Waals surface area contributed by atoms with E-state index in [0.29, 0.717) is 0 Å². The average Bonchev–Trinajstić information content (AvgIpc) is 2.01. The van der Waals surface area contributed by atoms with Crippen molar-refractivity contribution in [2.45, 2.75) is 13.3 Å². The molecule has 0 aromatic heterocycles. The second-order valence-corrected chi connectivity index (χ2v) is 5.90. The molecule has 3 nitrogen and oxygen atoms in total. The van der Waals surface area contributed by atoms with Crippen molar-refractivity contribution < 1.29 is 4.21 Å². The quantitative estimate of drug-likeness (QED) is 0.657. The molecule has 72 valence electrons. The SMILES string of the molecule is CCN(C)CCN=S1(=O)CCC1. The first-order valence-electron chi connectivity index (χ1n) is 4.53. The van der Waals surface area contributed by atoms with E-state index >= 15 is 0 Å². The number of rotatable bonds is 4. The highest BCUT2D eigenvalue weighted by Gasteiger charge is 2.18. The van der Waals surface area contributed by atoms with Gasteiger partial charge in [-0.15, -0.1) is 0 Å². The number of hydrogen-bond acceptors (Lipinski definition) is 3. The Labute approximate surface area is 75.3 Å². The number of nitrogens with zero attached hydrogens (tertiary/aromatic N) is 2. The van der Waals surface area contributed by atoms with Gasteiger partial charge in [-0.1, -0.05) is 6.92 Å². The molecule has 0 bridgehead atoms. The summed E-state index contributed by atoms with van der Waals surface area (Å²) in [6.07, 6.45) is 1.10. The first kappa shape index (κ1) is 9.99. The summed E-state index contributed by atoms with van der Waals surface area (Å²) >= 11 is 0. The van der Waals surface area contributed by atoms with E-state index in [1.807, 2.05) is 0 Å². The summed E-state index contributed by atoms with van der Waals surface area (Å²) in [4.78, 5) is 2.19. The Kier molecular flexibility index (Phi) is 3.53. The molecule has 1 aliphatic rings. The lowest BCUT2D eigenvalue weighted by atomic mass is 10.5. The summed E-state index contributed by atoms with van der Waals surface area (Å²) < 4.78 is 15.8. The fraction of sp³-hybridized carbons (Fsp3) is 1.00. The first-order valence-corrected chi connectivity index (χ1v) is 6.38. The highest BCUT2D eigenvalue weighted by atomic mass is 32.2. The van der Waals surface area contributed by atoms with Crippen LogP contribution in [0.15, 0.2) is 4.36 Å². The van der Waals surface area contributed by atoms with Gasteiger partial charge in [0.2, 0.25) is 0 Å². The fourth-order valence-electron chi connectivity index (χ4n) is 1.06. The zero-order valence-electron chi connectivity index (χ0n) is 7.95. The van der Waals surface area contributed by atoms with Crippen LogP contribution in [0.1, 0.15) is 13.3 Å². The van der Waals surface area contributed by atoms with E-state index in [2.05, 4.69) is 23.2 Å². The average molecular weight is 190 g/mol. The van der Waals surface area contributed by atoms with E-state index < -0.39 is 9.73 Å². The van der Waals surface area contributed by atoms with Gasteiger partial charge < -0.3 is 4.90 Å². The molecule has 0 N–H and O–H groups in total. The Morgan fingerprint density at radius 2 is 2.17 bits per heavy atom. The van der Waals surface area contributed by atoms with Crippen LogP contribution < -0.4 is 0 Å². The lowest BCUT2D eigenvalue weighted by Gasteiger charge is -2.19. The van der Waals surface area contributed by atoms with Gasteiger partial charge in [-0.05, 0) is 20.0 Å². The molecule has 0 saturated carbocycles. The largest absolute Gasteiger partial charge is 0.305 e. The van der Waals surface area contributed by atoms with Crippen molar-refractivity contribution in [2.24, 2.45) is 4.36 Å². The molecule has 0 aliphatic carbocycles. The molecule has 12 heavy (non-hydrogen) atoms. The molecule has 0 unspecified atom stereocenters. The molecule has 0 amide bonds. The fourth-order valence-corrected chi connectivity index (χ4v) is 2.51. The lowest BCUT2D eigenvalue weighted by Crippen LogP contribution is -2.26.